The molecule has 1 aliphatic rings. The summed E-state index contributed by atoms with van der Waals surface area (Å²) in [5.74, 6) is 1.11. The Labute approximate surface area is 174 Å². The van der Waals surface area contributed by atoms with Crippen molar-refractivity contribution in [1.29, 1.82) is 0 Å². The average molecular weight is 406 g/mol. The van der Waals surface area contributed by atoms with E-state index in [1.807, 2.05) is 42.6 Å². The minimum atomic E-state index is -0.357. The topological polar surface area (TPSA) is 51.1 Å². The molecule has 5 nitrogen and oxygen atoms in total. The number of benzene rings is 3. The molecule has 0 spiro atoms. The summed E-state index contributed by atoms with van der Waals surface area (Å²) in [7, 11) is 3.37. The predicted octanol–water partition coefficient (Wildman–Crippen LogP) is 4.21. The molecule has 0 aliphatic carbocycles. The maximum Gasteiger partial charge on any atom is 0.253 e. The van der Waals surface area contributed by atoms with Crippen LogP contribution < -0.4 is 9.47 Å². The van der Waals surface area contributed by atoms with E-state index in [-0.39, 0.29) is 17.1 Å². The fourth-order valence-electron chi connectivity index (χ4n) is 3.76. The summed E-state index contributed by atoms with van der Waals surface area (Å²) in [5.41, 5.74) is 0.142. The highest BCUT2D eigenvalue weighted by atomic mass is 19.1. The SMILES string of the molecule is CN=CC1(COc2ccc3cc(OC)ccc3c2)CN(C(=O)c2ccc(F)cc2)C1. The lowest BCUT2D eigenvalue weighted by Crippen LogP contribution is -2.61. The number of halogens is 1. The van der Waals surface area contributed by atoms with Gasteiger partial charge in [0.25, 0.3) is 5.91 Å². The van der Waals surface area contributed by atoms with Crippen LogP contribution in [-0.2, 0) is 0 Å². The van der Waals surface area contributed by atoms with Crippen molar-refractivity contribution in [3.63, 3.8) is 0 Å². The van der Waals surface area contributed by atoms with Gasteiger partial charge in [0.2, 0.25) is 0 Å². The molecule has 3 aromatic rings. The van der Waals surface area contributed by atoms with Gasteiger partial charge < -0.3 is 14.4 Å². The Kier molecular flexibility index (Phi) is 5.40. The van der Waals surface area contributed by atoms with Crippen LogP contribution in [0.5, 0.6) is 11.5 Å². The third kappa shape index (κ3) is 3.99. The lowest BCUT2D eigenvalue weighted by molar-refractivity contribution is 0.0192. The summed E-state index contributed by atoms with van der Waals surface area (Å²) in [6.45, 7) is 1.43. The lowest BCUT2D eigenvalue weighted by Gasteiger charge is -2.47. The molecule has 0 atom stereocenters. The molecular formula is C24H23FN2O3. The molecule has 4 rings (SSSR count). The van der Waals surface area contributed by atoms with Crippen molar-refractivity contribution < 1.29 is 18.7 Å². The molecule has 154 valence electrons. The van der Waals surface area contributed by atoms with Crippen molar-refractivity contribution in [3.8, 4) is 11.5 Å². The van der Waals surface area contributed by atoms with Gasteiger partial charge in [0.15, 0.2) is 0 Å². The van der Waals surface area contributed by atoms with E-state index in [1.54, 1.807) is 19.1 Å². The van der Waals surface area contributed by atoms with E-state index in [9.17, 15) is 9.18 Å². The zero-order valence-electron chi connectivity index (χ0n) is 17.0. The van der Waals surface area contributed by atoms with Gasteiger partial charge in [-0.05, 0) is 59.3 Å². The zero-order chi connectivity index (χ0) is 21.1. The second kappa shape index (κ2) is 8.14. The Morgan fingerprint density at radius 3 is 2.33 bits per heavy atom. The smallest absolute Gasteiger partial charge is 0.253 e. The third-order valence-corrected chi connectivity index (χ3v) is 5.34. The van der Waals surface area contributed by atoms with Gasteiger partial charge in [0.05, 0.1) is 12.5 Å². The minimum absolute atomic E-state index is 0.116. The van der Waals surface area contributed by atoms with Gasteiger partial charge in [-0.3, -0.25) is 9.79 Å². The number of aliphatic imine (C=N–C) groups is 1. The number of fused-ring (bicyclic) bond motifs is 1. The summed E-state index contributed by atoms with van der Waals surface area (Å²) >= 11 is 0. The molecule has 0 aromatic heterocycles. The van der Waals surface area contributed by atoms with E-state index in [0.29, 0.717) is 25.3 Å². The predicted molar refractivity (Wildman–Crippen MR) is 115 cm³/mol. The number of likely N-dealkylation sites (tertiary alicyclic amines) is 1. The molecule has 1 aliphatic heterocycles. The molecule has 30 heavy (non-hydrogen) atoms. The quantitative estimate of drug-likeness (QED) is 0.576. The second-order valence-electron chi connectivity index (χ2n) is 7.58. The van der Waals surface area contributed by atoms with Crippen LogP contribution in [0, 0.1) is 11.2 Å². The number of hydrogen-bond donors (Lipinski definition) is 0. The van der Waals surface area contributed by atoms with Gasteiger partial charge in [-0.25, -0.2) is 4.39 Å². The molecular weight excluding hydrogens is 383 g/mol. The fourth-order valence-corrected chi connectivity index (χ4v) is 3.76. The first-order chi connectivity index (χ1) is 14.5. The van der Waals surface area contributed by atoms with Crippen molar-refractivity contribution in [3.05, 3.63) is 72.0 Å². The van der Waals surface area contributed by atoms with E-state index in [2.05, 4.69) is 4.99 Å². The Bertz CT molecular complexity index is 1090. The summed E-state index contributed by atoms with van der Waals surface area (Å²) < 4.78 is 24.4. The lowest BCUT2D eigenvalue weighted by atomic mass is 9.81. The Morgan fingerprint density at radius 2 is 1.70 bits per heavy atom. The first-order valence-electron chi connectivity index (χ1n) is 9.71. The first-order valence-corrected chi connectivity index (χ1v) is 9.71. The Balaban J connectivity index is 1.43. The van der Waals surface area contributed by atoms with Crippen LogP contribution in [0.3, 0.4) is 0 Å². The van der Waals surface area contributed by atoms with Crippen LogP contribution in [0.1, 0.15) is 10.4 Å². The Hall–Kier alpha value is -3.41. The van der Waals surface area contributed by atoms with Crippen LogP contribution in [0.4, 0.5) is 4.39 Å². The number of nitrogens with zero attached hydrogens (tertiary/aromatic N) is 2. The number of amides is 1. The molecule has 1 saturated heterocycles. The van der Waals surface area contributed by atoms with Gasteiger partial charge in [-0.15, -0.1) is 0 Å². The average Bonchev–Trinajstić information content (AvgIpc) is 2.74. The zero-order valence-corrected chi connectivity index (χ0v) is 17.0. The third-order valence-electron chi connectivity index (χ3n) is 5.34. The highest BCUT2D eigenvalue weighted by Crippen LogP contribution is 2.32. The molecule has 1 fully saturated rings. The molecule has 1 heterocycles. The van der Waals surface area contributed by atoms with E-state index in [0.717, 1.165) is 22.3 Å². The van der Waals surface area contributed by atoms with Crippen molar-refractivity contribution in [2.45, 2.75) is 0 Å². The van der Waals surface area contributed by atoms with E-state index in [1.165, 1.54) is 24.3 Å². The van der Waals surface area contributed by atoms with Crippen molar-refractivity contribution >= 4 is 22.9 Å². The highest BCUT2D eigenvalue weighted by molar-refractivity contribution is 5.95. The molecule has 0 saturated carbocycles. The summed E-state index contributed by atoms with van der Waals surface area (Å²) in [4.78, 5) is 18.5. The fraction of sp³-hybridized carbons (Fsp3) is 0.250. The highest BCUT2D eigenvalue weighted by Gasteiger charge is 2.45. The van der Waals surface area contributed by atoms with Crippen LogP contribution in [0.2, 0.25) is 0 Å². The van der Waals surface area contributed by atoms with Crippen LogP contribution >= 0.6 is 0 Å². The monoisotopic (exact) mass is 406 g/mol. The van der Waals surface area contributed by atoms with Gasteiger partial charge in [0.1, 0.15) is 23.9 Å². The van der Waals surface area contributed by atoms with Gasteiger partial charge in [-0.2, -0.15) is 0 Å². The molecule has 0 bridgehead atoms. The number of rotatable bonds is 6. The maximum absolute atomic E-state index is 13.1. The largest absolute Gasteiger partial charge is 0.497 e. The number of hydrogen-bond acceptors (Lipinski definition) is 4. The minimum Gasteiger partial charge on any atom is -0.497 e. The van der Waals surface area contributed by atoms with Crippen molar-refractivity contribution in [2.75, 3.05) is 33.9 Å². The van der Waals surface area contributed by atoms with E-state index >= 15 is 0 Å². The molecule has 0 unspecified atom stereocenters. The summed E-state index contributed by atoms with van der Waals surface area (Å²) in [6.07, 6.45) is 1.85. The van der Waals surface area contributed by atoms with Crippen molar-refractivity contribution in [1.82, 2.24) is 4.90 Å². The second-order valence-corrected chi connectivity index (χ2v) is 7.58. The Morgan fingerprint density at radius 1 is 1.07 bits per heavy atom. The van der Waals surface area contributed by atoms with Gasteiger partial charge in [0, 0.05) is 31.9 Å². The number of methoxy groups -OCH3 is 1. The van der Waals surface area contributed by atoms with Gasteiger partial charge >= 0.3 is 0 Å². The maximum atomic E-state index is 13.1. The first kappa shape index (κ1) is 19.9. The van der Waals surface area contributed by atoms with Crippen molar-refractivity contribution in [2.24, 2.45) is 10.4 Å². The molecule has 1 amide bonds. The molecule has 0 N–H and O–H groups in total. The standard InChI is InChI=1S/C24H23FN2O3/c1-26-13-24(14-27(15-24)23(28)17-3-7-20(25)8-4-17)16-30-22-10-6-18-11-21(29-2)9-5-19(18)12-22/h3-13H,14-16H2,1-2H3. The summed E-state index contributed by atoms with van der Waals surface area (Å²) in [5, 5.41) is 2.14. The van der Waals surface area contributed by atoms with Crippen LogP contribution in [0.15, 0.2) is 65.7 Å². The number of ether oxygens (including phenoxy) is 2. The molecule has 0 radical (unpaired) electrons. The molecule has 3 aromatic carbocycles. The number of carbonyl (C=O) groups is 1. The number of carbonyl (C=O) groups excluding carboxylic acids is 1. The summed E-state index contributed by atoms with van der Waals surface area (Å²) in [6, 6.07) is 17.4. The molecule has 6 heteroatoms. The normalized spacial score (nSPS) is 15.2. The van der Waals surface area contributed by atoms with Crippen LogP contribution in [0.25, 0.3) is 10.8 Å². The van der Waals surface area contributed by atoms with E-state index < -0.39 is 0 Å². The van der Waals surface area contributed by atoms with E-state index in [4.69, 9.17) is 9.47 Å². The van der Waals surface area contributed by atoms with Gasteiger partial charge in [-0.1, -0.05) is 12.1 Å². The van der Waals surface area contributed by atoms with Crippen LogP contribution in [-0.4, -0.2) is 50.9 Å².